The Kier molecular flexibility index (Phi) is 5.98. The third-order valence-corrected chi connectivity index (χ3v) is 5.21. The molecular formula is C14H18N6OS. The fourth-order valence-corrected chi connectivity index (χ4v) is 3.77. The Morgan fingerprint density at radius 2 is 1.86 bits per heavy atom. The van der Waals surface area contributed by atoms with E-state index in [1.54, 1.807) is 0 Å². The number of thioether (sulfide) groups is 1. The van der Waals surface area contributed by atoms with Crippen molar-refractivity contribution in [3.05, 3.63) is 51.2 Å². The molecule has 0 aromatic heterocycles. The summed E-state index contributed by atoms with van der Waals surface area (Å²) in [5, 5.41) is 7.57. The number of benzene rings is 1. The molecule has 0 bridgehead atoms. The van der Waals surface area contributed by atoms with E-state index in [-0.39, 0.29) is 36.0 Å². The van der Waals surface area contributed by atoms with Crippen LogP contribution in [-0.4, -0.2) is 24.1 Å². The van der Waals surface area contributed by atoms with Gasteiger partial charge in [-0.1, -0.05) is 54.0 Å². The monoisotopic (exact) mass is 318 g/mol. The number of azide groups is 2. The van der Waals surface area contributed by atoms with Crippen molar-refractivity contribution in [1.82, 2.24) is 0 Å². The van der Waals surface area contributed by atoms with Gasteiger partial charge in [-0.3, -0.25) is 0 Å². The van der Waals surface area contributed by atoms with Gasteiger partial charge in [-0.05, 0) is 35.0 Å². The van der Waals surface area contributed by atoms with Crippen molar-refractivity contribution in [2.45, 2.75) is 36.3 Å². The van der Waals surface area contributed by atoms with E-state index in [1.807, 2.05) is 44.2 Å². The molecule has 2 unspecified atom stereocenters. The number of rotatable bonds is 5. The topological polar surface area (TPSA) is 107 Å². The molecule has 1 aliphatic rings. The minimum absolute atomic E-state index is 0.143. The quantitative estimate of drug-likeness (QED) is 0.443. The molecule has 8 heteroatoms. The van der Waals surface area contributed by atoms with E-state index < -0.39 is 0 Å². The second kappa shape index (κ2) is 7.96. The van der Waals surface area contributed by atoms with Gasteiger partial charge in [-0.15, -0.1) is 0 Å². The van der Waals surface area contributed by atoms with E-state index in [0.29, 0.717) is 0 Å². The predicted octanol–water partition coefficient (Wildman–Crippen LogP) is 4.77. The van der Waals surface area contributed by atoms with Crippen molar-refractivity contribution in [2.75, 3.05) is 6.54 Å². The largest absolute Gasteiger partial charge is 0.363 e. The molecule has 0 amide bonds. The van der Waals surface area contributed by atoms with Crippen molar-refractivity contribution in [3.8, 4) is 0 Å². The zero-order valence-electron chi connectivity index (χ0n) is 12.5. The summed E-state index contributed by atoms with van der Waals surface area (Å²) < 4.78 is 6.07. The van der Waals surface area contributed by atoms with E-state index in [2.05, 4.69) is 20.1 Å². The smallest absolute Gasteiger partial charge is 0.116 e. The molecule has 1 heterocycles. The fourth-order valence-electron chi connectivity index (χ4n) is 2.55. The van der Waals surface area contributed by atoms with Crippen LogP contribution in [0, 0.1) is 11.8 Å². The summed E-state index contributed by atoms with van der Waals surface area (Å²) in [7, 11) is 0. The lowest BCUT2D eigenvalue weighted by Crippen LogP contribution is -2.47. The molecule has 2 rings (SSSR count). The zero-order valence-corrected chi connectivity index (χ0v) is 13.3. The van der Waals surface area contributed by atoms with Crippen molar-refractivity contribution in [1.29, 1.82) is 0 Å². The van der Waals surface area contributed by atoms with Crippen LogP contribution in [0.25, 0.3) is 20.9 Å². The van der Waals surface area contributed by atoms with Crippen LogP contribution in [0.1, 0.15) is 13.8 Å². The Labute approximate surface area is 133 Å². The standard InChI is InChI=1S/C14H18N6OS/c1-9-10(2)13(18-20-16)14(21-12(9)8-17-19-15)22-11-6-4-3-5-7-11/h3-7,9-10,12-14H,8H2,1-2H3/t9-,10+,12?,13?,14-/m1/s1. The van der Waals surface area contributed by atoms with E-state index in [4.69, 9.17) is 15.8 Å². The normalized spacial score (nSPS) is 30.9. The highest BCUT2D eigenvalue weighted by molar-refractivity contribution is 7.99. The molecule has 116 valence electrons. The molecule has 0 aliphatic carbocycles. The van der Waals surface area contributed by atoms with Gasteiger partial charge in [0, 0.05) is 14.7 Å². The Hall–Kier alpha value is -1.85. The van der Waals surface area contributed by atoms with Gasteiger partial charge in [0.25, 0.3) is 0 Å². The van der Waals surface area contributed by atoms with Crippen molar-refractivity contribution >= 4 is 11.8 Å². The first kappa shape index (κ1) is 16.5. The summed E-state index contributed by atoms with van der Waals surface area (Å²) in [6.45, 7) is 4.37. The lowest BCUT2D eigenvalue weighted by Gasteiger charge is -2.42. The van der Waals surface area contributed by atoms with Gasteiger partial charge in [-0.2, -0.15) is 0 Å². The molecule has 1 aromatic carbocycles. The Balaban J connectivity index is 2.21. The minimum Gasteiger partial charge on any atom is -0.363 e. The second-order valence-corrected chi connectivity index (χ2v) is 6.47. The lowest BCUT2D eigenvalue weighted by atomic mass is 9.83. The highest BCUT2D eigenvalue weighted by Gasteiger charge is 2.41. The summed E-state index contributed by atoms with van der Waals surface area (Å²) in [6.07, 6.45) is -0.169. The average molecular weight is 318 g/mol. The summed E-state index contributed by atoms with van der Waals surface area (Å²) >= 11 is 1.53. The molecule has 1 saturated heterocycles. The van der Waals surface area contributed by atoms with Gasteiger partial charge >= 0.3 is 0 Å². The number of ether oxygens (including phenoxy) is 1. The Morgan fingerprint density at radius 1 is 1.14 bits per heavy atom. The van der Waals surface area contributed by atoms with Crippen molar-refractivity contribution in [2.24, 2.45) is 22.1 Å². The molecule has 0 radical (unpaired) electrons. The first-order valence-corrected chi connectivity index (χ1v) is 7.97. The molecule has 7 nitrogen and oxygen atoms in total. The van der Waals surface area contributed by atoms with Gasteiger partial charge < -0.3 is 4.74 Å². The Morgan fingerprint density at radius 3 is 2.50 bits per heavy atom. The van der Waals surface area contributed by atoms with Gasteiger partial charge in [-0.25, -0.2) is 0 Å². The fraction of sp³-hybridized carbons (Fsp3) is 0.571. The Bertz CT molecular complexity index is 582. The molecule has 1 fully saturated rings. The van der Waals surface area contributed by atoms with E-state index >= 15 is 0 Å². The van der Waals surface area contributed by atoms with Gasteiger partial charge in [0.05, 0.1) is 18.7 Å². The van der Waals surface area contributed by atoms with Crippen molar-refractivity contribution in [3.63, 3.8) is 0 Å². The van der Waals surface area contributed by atoms with Crippen LogP contribution in [0.15, 0.2) is 45.5 Å². The molecule has 0 spiro atoms. The van der Waals surface area contributed by atoms with Crippen LogP contribution in [0.2, 0.25) is 0 Å². The van der Waals surface area contributed by atoms with E-state index in [1.165, 1.54) is 11.8 Å². The average Bonchev–Trinajstić information content (AvgIpc) is 2.54. The first-order valence-electron chi connectivity index (χ1n) is 7.09. The molecule has 1 aromatic rings. The second-order valence-electron chi connectivity index (χ2n) is 5.30. The maximum atomic E-state index is 8.84. The maximum absolute atomic E-state index is 8.84. The third kappa shape index (κ3) is 3.87. The number of hydrogen-bond acceptors (Lipinski definition) is 4. The van der Waals surface area contributed by atoms with Gasteiger partial charge in [0.2, 0.25) is 0 Å². The van der Waals surface area contributed by atoms with E-state index in [0.717, 1.165) is 4.90 Å². The SMILES string of the molecule is C[C@@H]1C(N=[N+]=[N-])[C@@H](Sc2ccccc2)OC(CN=[N+]=[N-])[C@@H]1C. The van der Waals surface area contributed by atoms with Crippen LogP contribution in [0.5, 0.6) is 0 Å². The summed E-state index contributed by atoms with van der Waals surface area (Å²) in [6, 6.07) is 9.59. The molecule has 1 aliphatic heterocycles. The molecule has 22 heavy (non-hydrogen) atoms. The van der Waals surface area contributed by atoms with E-state index in [9.17, 15) is 0 Å². The first-order chi connectivity index (χ1) is 10.7. The third-order valence-electron chi connectivity index (χ3n) is 4.05. The van der Waals surface area contributed by atoms with Crippen LogP contribution >= 0.6 is 11.8 Å². The lowest BCUT2D eigenvalue weighted by molar-refractivity contribution is -0.0687. The number of hydrogen-bond donors (Lipinski definition) is 0. The van der Waals surface area contributed by atoms with Gasteiger partial charge in [0.1, 0.15) is 5.44 Å². The van der Waals surface area contributed by atoms with Crippen LogP contribution < -0.4 is 0 Å². The highest BCUT2D eigenvalue weighted by atomic mass is 32.2. The molecular weight excluding hydrogens is 300 g/mol. The van der Waals surface area contributed by atoms with Crippen LogP contribution in [-0.2, 0) is 4.74 Å². The van der Waals surface area contributed by atoms with Gasteiger partial charge in [0.15, 0.2) is 0 Å². The molecule has 0 N–H and O–H groups in total. The van der Waals surface area contributed by atoms with Crippen molar-refractivity contribution < 1.29 is 4.74 Å². The summed E-state index contributed by atoms with van der Waals surface area (Å²) in [5.74, 6) is 0.290. The van der Waals surface area contributed by atoms with Crippen LogP contribution in [0.3, 0.4) is 0 Å². The van der Waals surface area contributed by atoms with Crippen LogP contribution in [0.4, 0.5) is 0 Å². The predicted molar refractivity (Wildman–Crippen MR) is 86.2 cm³/mol. The highest BCUT2D eigenvalue weighted by Crippen LogP contribution is 2.40. The number of nitrogens with zero attached hydrogens (tertiary/aromatic N) is 6. The summed E-state index contributed by atoms with van der Waals surface area (Å²) in [5.41, 5.74) is 17.1. The molecule has 0 saturated carbocycles. The zero-order chi connectivity index (χ0) is 15.9. The maximum Gasteiger partial charge on any atom is 0.116 e. The molecule has 5 atom stereocenters. The minimum atomic E-state index is -0.289. The summed E-state index contributed by atoms with van der Waals surface area (Å²) in [4.78, 5) is 6.83.